The monoisotopic (exact) mass is 268 g/mol. The van der Waals surface area contributed by atoms with Gasteiger partial charge in [-0.1, -0.05) is 11.6 Å². The van der Waals surface area contributed by atoms with Crippen molar-refractivity contribution in [2.75, 3.05) is 7.11 Å². The molecular weight excluding hydrogens is 263 g/mol. The van der Waals surface area contributed by atoms with Gasteiger partial charge in [-0.3, -0.25) is 0 Å². The van der Waals surface area contributed by atoms with Crippen molar-refractivity contribution in [3.8, 4) is 0 Å². The van der Waals surface area contributed by atoms with Gasteiger partial charge in [0.2, 0.25) is 0 Å². The van der Waals surface area contributed by atoms with Gasteiger partial charge >= 0.3 is 5.97 Å². The molecule has 4 nitrogen and oxygen atoms in total. The van der Waals surface area contributed by atoms with E-state index in [9.17, 15) is 13.2 Å². The molecule has 1 aromatic carbocycles. The van der Waals surface area contributed by atoms with E-state index in [1.807, 2.05) is 0 Å². The lowest BCUT2D eigenvalue weighted by Gasteiger charge is -2.03. The molecule has 0 atom stereocenters. The Morgan fingerprint density at radius 1 is 1.40 bits per heavy atom. The van der Waals surface area contributed by atoms with Crippen LogP contribution in [-0.4, -0.2) is 21.5 Å². The molecule has 1 aromatic rings. The first kappa shape index (κ1) is 12.3. The molecule has 0 saturated heterocycles. The van der Waals surface area contributed by atoms with Crippen LogP contribution in [0.2, 0.25) is 5.02 Å². The molecule has 0 heterocycles. The predicted molar refractivity (Wildman–Crippen MR) is 55.8 cm³/mol. The maximum absolute atomic E-state index is 11.2. The van der Waals surface area contributed by atoms with Crippen LogP contribution in [0.15, 0.2) is 23.1 Å². The molecule has 0 aliphatic carbocycles. The van der Waals surface area contributed by atoms with Gasteiger partial charge in [0.15, 0.2) is 0 Å². The fourth-order valence-corrected chi connectivity index (χ4v) is 1.89. The second kappa shape index (κ2) is 4.38. The largest absolute Gasteiger partial charge is 0.465 e. The Kier molecular flexibility index (Phi) is 3.59. The molecule has 0 unspecified atom stereocenters. The van der Waals surface area contributed by atoms with Crippen LogP contribution >= 0.6 is 22.3 Å². The van der Waals surface area contributed by atoms with Gasteiger partial charge in [0.05, 0.1) is 22.6 Å². The smallest absolute Gasteiger partial charge is 0.339 e. The highest BCUT2D eigenvalue weighted by molar-refractivity contribution is 8.13. The normalized spacial score (nSPS) is 11.1. The molecule has 0 aromatic heterocycles. The van der Waals surface area contributed by atoms with Gasteiger partial charge in [-0.2, -0.15) is 0 Å². The quantitative estimate of drug-likeness (QED) is 0.609. The van der Waals surface area contributed by atoms with Crippen molar-refractivity contribution in [2.45, 2.75) is 4.90 Å². The van der Waals surface area contributed by atoms with Crippen molar-refractivity contribution in [1.82, 2.24) is 0 Å². The van der Waals surface area contributed by atoms with Crippen LogP contribution < -0.4 is 0 Å². The Morgan fingerprint density at radius 2 is 2.00 bits per heavy atom. The molecule has 0 radical (unpaired) electrons. The van der Waals surface area contributed by atoms with E-state index < -0.39 is 15.0 Å². The van der Waals surface area contributed by atoms with E-state index in [1.165, 1.54) is 19.2 Å². The Labute approximate surface area is 96.2 Å². The van der Waals surface area contributed by atoms with E-state index in [0.29, 0.717) is 0 Å². The van der Waals surface area contributed by atoms with Gasteiger partial charge in [0, 0.05) is 10.7 Å². The van der Waals surface area contributed by atoms with Gasteiger partial charge in [-0.15, -0.1) is 0 Å². The lowest BCUT2D eigenvalue weighted by Crippen LogP contribution is -2.03. The minimum absolute atomic E-state index is 0.0408. The number of esters is 1. The third-order valence-corrected chi connectivity index (χ3v) is 3.31. The summed E-state index contributed by atoms with van der Waals surface area (Å²) in [7, 11) is 2.40. The number of methoxy groups -OCH3 is 1. The zero-order chi connectivity index (χ0) is 11.6. The van der Waals surface area contributed by atoms with E-state index in [2.05, 4.69) is 4.74 Å². The first-order valence-corrected chi connectivity index (χ1v) is 6.37. The van der Waals surface area contributed by atoms with E-state index in [0.717, 1.165) is 6.07 Å². The molecule has 7 heteroatoms. The molecule has 1 rings (SSSR count). The van der Waals surface area contributed by atoms with Gasteiger partial charge in [-0.05, 0) is 18.2 Å². The fourth-order valence-electron chi connectivity index (χ4n) is 0.922. The van der Waals surface area contributed by atoms with Crippen molar-refractivity contribution in [3.63, 3.8) is 0 Å². The van der Waals surface area contributed by atoms with Gasteiger partial charge in [0.1, 0.15) is 0 Å². The number of rotatable bonds is 2. The number of carbonyl (C=O) groups is 1. The average Bonchev–Trinajstić information content (AvgIpc) is 2.15. The van der Waals surface area contributed by atoms with Crippen LogP contribution in [0.3, 0.4) is 0 Å². The Hall–Kier alpha value is -0.780. The molecule has 82 valence electrons. The minimum atomic E-state index is -3.88. The summed E-state index contributed by atoms with van der Waals surface area (Å²) in [4.78, 5) is 11.0. The van der Waals surface area contributed by atoms with Gasteiger partial charge in [0.25, 0.3) is 9.05 Å². The third kappa shape index (κ3) is 2.84. The molecule has 0 spiro atoms. The molecule has 0 N–H and O–H groups in total. The first-order chi connectivity index (χ1) is 6.86. The number of hydrogen-bond donors (Lipinski definition) is 0. The average molecular weight is 269 g/mol. The summed E-state index contributed by atoms with van der Waals surface area (Å²) in [5.74, 6) is -0.720. The van der Waals surface area contributed by atoms with E-state index in [4.69, 9.17) is 22.3 Å². The molecule has 15 heavy (non-hydrogen) atoms. The SMILES string of the molecule is COC(=O)c1cc(S(=O)(=O)Cl)ccc1Cl. The minimum Gasteiger partial charge on any atom is -0.465 e. The number of halogens is 2. The maximum atomic E-state index is 11.2. The Morgan fingerprint density at radius 3 is 2.47 bits per heavy atom. The Bertz CT molecular complexity index is 495. The first-order valence-electron chi connectivity index (χ1n) is 3.69. The summed E-state index contributed by atoms with van der Waals surface area (Å²) >= 11 is 5.68. The third-order valence-electron chi connectivity index (χ3n) is 1.62. The van der Waals surface area contributed by atoms with Crippen molar-refractivity contribution < 1.29 is 17.9 Å². The second-order valence-electron chi connectivity index (χ2n) is 2.57. The van der Waals surface area contributed by atoms with Crippen LogP contribution in [0.5, 0.6) is 0 Å². The number of hydrogen-bond acceptors (Lipinski definition) is 4. The highest BCUT2D eigenvalue weighted by Crippen LogP contribution is 2.23. The summed E-state index contributed by atoms with van der Waals surface area (Å²) in [5.41, 5.74) is -0.0408. The highest BCUT2D eigenvalue weighted by Gasteiger charge is 2.16. The molecule has 0 fully saturated rings. The number of ether oxygens (including phenoxy) is 1. The van der Waals surface area contributed by atoms with Crippen LogP contribution in [0.4, 0.5) is 0 Å². The fraction of sp³-hybridized carbons (Fsp3) is 0.125. The zero-order valence-electron chi connectivity index (χ0n) is 7.53. The summed E-state index contributed by atoms with van der Waals surface area (Å²) in [6.07, 6.45) is 0. The van der Waals surface area contributed by atoms with Crippen LogP contribution in [-0.2, 0) is 13.8 Å². The molecule has 0 amide bonds. The van der Waals surface area contributed by atoms with Crippen molar-refractivity contribution in [2.24, 2.45) is 0 Å². The Balaban J connectivity index is 3.36. The highest BCUT2D eigenvalue weighted by atomic mass is 35.7. The number of carbonyl (C=O) groups excluding carboxylic acids is 1. The van der Waals surface area contributed by atoms with E-state index in [1.54, 1.807) is 0 Å². The molecule has 0 aliphatic heterocycles. The summed E-state index contributed by atoms with van der Waals surface area (Å²) < 4.78 is 26.4. The lowest BCUT2D eigenvalue weighted by atomic mass is 10.2. The molecule has 0 bridgehead atoms. The van der Waals surface area contributed by atoms with Crippen LogP contribution in [0.25, 0.3) is 0 Å². The van der Waals surface area contributed by atoms with Crippen molar-refractivity contribution >= 4 is 37.3 Å². The summed E-state index contributed by atoms with van der Waals surface area (Å²) in [6.45, 7) is 0. The summed E-state index contributed by atoms with van der Waals surface area (Å²) in [6, 6.07) is 3.54. The van der Waals surface area contributed by atoms with E-state index >= 15 is 0 Å². The van der Waals surface area contributed by atoms with E-state index in [-0.39, 0.29) is 15.5 Å². The molecular formula is C8H6Cl2O4S. The standard InChI is InChI=1S/C8H6Cl2O4S/c1-14-8(11)6-4-5(15(10,12)13)2-3-7(6)9/h2-4H,1H3. The van der Waals surface area contributed by atoms with Crippen LogP contribution in [0, 0.1) is 0 Å². The predicted octanol–water partition coefficient (Wildman–Crippen LogP) is 2.05. The molecule has 0 aliphatic rings. The second-order valence-corrected chi connectivity index (χ2v) is 5.54. The number of benzene rings is 1. The van der Waals surface area contributed by atoms with Gasteiger partial charge < -0.3 is 4.74 Å². The van der Waals surface area contributed by atoms with Crippen LogP contribution in [0.1, 0.15) is 10.4 Å². The van der Waals surface area contributed by atoms with Crippen molar-refractivity contribution in [1.29, 1.82) is 0 Å². The molecule has 0 saturated carbocycles. The summed E-state index contributed by atoms with van der Waals surface area (Å²) in [5, 5.41) is 0.103. The van der Waals surface area contributed by atoms with Crippen molar-refractivity contribution in [3.05, 3.63) is 28.8 Å². The topological polar surface area (TPSA) is 60.4 Å². The van der Waals surface area contributed by atoms with Gasteiger partial charge in [-0.25, -0.2) is 13.2 Å². The lowest BCUT2D eigenvalue weighted by molar-refractivity contribution is 0.0600. The maximum Gasteiger partial charge on any atom is 0.339 e. The zero-order valence-corrected chi connectivity index (χ0v) is 9.86.